The lowest BCUT2D eigenvalue weighted by atomic mass is 10.1. The molecule has 114 valence electrons. The lowest BCUT2D eigenvalue weighted by Gasteiger charge is -2.22. The van der Waals surface area contributed by atoms with Crippen LogP contribution in [-0.4, -0.2) is 42.7 Å². The van der Waals surface area contributed by atoms with Crippen LogP contribution in [0.4, 0.5) is 18.3 Å². The third kappa shape index (κ3) is 4.88. The molecule has 0 radical (unpaired) electrons. The Labute approximate surface area is 118 Å². The van der Waals surface area contributed by atoms with Gasteiger partial charge in [0.15, 0.2) is 0 Å². The summed E-state index contributed by atoms with van der Waals surface area (Å²) in [5, 5.41) is 8.61. The third-order valence-electron chi connectivity index (χ3n) is 2.79. The molecule has 0 bridgehead atoms. The van der Waals surface area contributed by atoms with E-state index in [1.807, 2.05) is 0 Å². The van der Waals surface area contributed by atoms with E-state index in [0.717, 1.165) is 26.1 Å². The molecule has 2 heterocycles. The van der Waals surface area contributed by atoms with E-state index in [4.69, 9.17) is 9.47 Å². The van der Waals surface area contributed by atoms with E-state index in [-0.39, 0.29) is 11.2 Å². The van der Waals surface area contributed by atoms with E-state index in [2.05, 4.69) is 15.5 Å². The van der Waals surface area contributed by atoms with Crippen molar-refractivity contribution in [2.24, 2.45) is 0 Å². The number of nitrogens with zero attached hydrogens (tertiary/aromatic N) is 2. The van der Waals surface area contributed by atoms with Crippen molar-refractivity contribution in [1.29, 1.82) is 0 Å². The third-order valence-corrected chi connectivity index (χ3v) is 3.71. The van der Waals surface area contributed by atoms with Gasteiger partial charge < -0.3 is 14.8 Å². The average molecular weight is 311 g/mol. The number of nitrogens with one attached hydrogen (secondary N) is 1. The largest absolute Gasteiger partial charge is 0.445 e. The molecule has 0 unspecified atom stereocenters. The normalized spacial score (nSPS) is 17.4. The Kier molecular flexibility index (Phi) is 5.55. The SMILES string of the molecule is FC(F)(F)c1nnc(NCCCOC2CCOCC2)s1. The van der Waals surface area contributed by atoms with E-state index < -0.39 is 11.2 Å². The molecule has 2 rings (SSSR count). The monoisotopic (exact) mass is 311 g/mol. The van der Waals surface area contributed by atoms with Crippen molar-refractivity contribution in [3.05, 3.63) is 5.01 Å². The molecule has 1 aromatic heterocycles. The van der Waals surface area contributed by atoms with Crippen LogP contribution in [0.1, 0.15) is 24.3 Å². The number of halogens is 3. The van der Waals surface area contributed by atoms with Gasteiger partial charge in [0.25, 0.3) is 0 Å². The Bertz CT molecular complexity index is 408. The fraction of sp³-hybridized carbons (Fsp3) is 0.818. The highest BCUT2D eigenvalue weighted by molar-refractivity contribution is 7.15. The zero-order chi connectivity index (χ0) is 14.4. The highest BCUT2D eigenvalue weighted by Crippen LogP contribution is 2.32. The van der Waals surface area contributed by atoms with Gasteiger partial charge in [0.05, 0.1) is 6.10 Å². The van der Waals surface area contributed by atoms with Crippen LogP contribution in [0.2, 0.25) is 0 Å². The lowest BCUT2D eigenvalue weighted by molar-refractivity contribution is -0.138. The van der Waals surface area contributed by atoms with Crippen LogP contribution in [0.25, 0.3) is 0 Å². The van der Waals surface area contributed by atoms with E-state index in [1.54, 1.807) is 0 Å². The van der Waals surface area contributed by atoms with Crippen molar-refractivity contribution in [1.82, 2.24) is 10.2 Å². The molecule has 0 saturated carbocycles. The summed E-state index contributed by atoms with van der Waals surface area (Å²) >= 11 is 0.510. The fourth-order valence-electron chi connectivity index (χ4n) is 1.77. The lowest BCUT2D eigenvalue weighted by Crippen LogP contribution is -2.24. The molecule has 1 aliphatic heterocycles. The Morgan fingerprint density at radius 1 is 1.30 bits per heavy atom. The van der Waals surface area contributed by atoms with Crippen LogP contribution in [0, 0.1) is 0 Å². The van der Waals surface area contributed by atoms with Crippen LogP contribution < -0.4 is 5.32 Å². The first-order valence-corrected chi connectivity index (χ1v) is 7.21. The smallest absolute Gasteiger partial charge is 0.381 e. The molecule has 0 amide bonds. The van der Waals surface area contributed by atoms with Gasteiger partial charge in [-0.3, -0.25) is 0 Å². The Morgan fingerprint density at radius 2 is 2.05 bits per heavy atom. The van der Waals surface area contributed by atoms with E-state index in [0.29, 0.717) is 30.9 Å². The molecule has 1 aliphatic rings. The average Bonchev–Trinajstić information content (AvgIpc) is 2.88. The Balaban J connectivity index is 1.60. The van der Waals surface area contributed by atoms with Crippen LogP contribution in [0.15, 0.2) is 0 Å². The molecule has 9 heteroatoms. The topological polar surface area (TPSA) is 56.3 Å². The van der Waals surface area contributed by atoms with Crippen LogP contribution >= 0.6 is 11.3 Å². The number of ether oxygens (including phenoxy) is 2. The van der Waals surface area contributed by atoms with Crippen LogP contribution in [-0.2, 0) is 15.7 Å². The highest BCUT2D eigenvalue weighted by atomic mass is 32.1. The van der Waals surface area contributed by atoms with Crippen molar-refractivity contribution < 1.29 is 22.6 Å². The molecular weight excluding hydrogens is 295 g/mol. The number of hydrogen-bond acceptors (Lipinski definition) is 6. The number of hydrogen-bond donors (Lipinski definition) is 1. The van der Waals surface area contributed by atoms with Gasteiger partial charge in [-0.05, 0) is 19.3 Å². The molecule has 1 fully saturated rings. The van der Waals surface area contributed by atoms with Gasteiger partial charge in [0.2, 0.25) is 10.1 Å². The quantitative estimate of drug-likeness (QED) is 0.818. The highest BCUT2D eigenvalue weighted by Gasteiger charge is 2.35. The molecular formula is C11H16F3N3O2S. The minimum atomic E-state index is -4.43. The number of anilines is 1. The summed E-state index contributed by atoms with van der Waals surface area (Å²) in [6.07, 6.45) is -1.68. The summed E-state index contributed by atoms with van der Waals surface area (Å²) in [5.41, 5.74) is 0. The molecule has 1 aromatic rings. The Morgan fingerprint density at radius 3 is 2.70 bits per heavy atom. The van der Waals surface area contributed by atoms with Gasteiger partial charge >= 0.3 is 6.18 Å². The van der Waals surface area contributed by atoms with Gasteiger partial charge in [0.1, 0.15) is 0 Å². The molecule has 5 nitrogen and oxygen atoms in total. The minimum Gasteiger partial charge on any atom is -0.381 e. The van der Waals surface area contributed by atoms with Crippen molar-refractivity contribution >= 4 is 16.5 Å². The van der Waals surface area contributed by atoms with Crippen molar-refractivity contribution in [3.8, 4) is 0 Å². The summed E-state index contributed by atoms with van der Waals surface area (Å²) < 4.78 is 47.8. The molecule has 1 N–H and O–H groups in total. The first kappa shape index (κ1) is 15.5. The fourth-order valence-corrected chi connectivity index (χ4v) is 2.41. The predicted molar refractivity (Wildman–Crippen MR) is 67.8 cm³/mol. The summed E-state index contributed by atoms with van der Waals surface area (Å²) in [4.78, 5) is 0. The number of aromatic nitrogens is 2. The summed E-state index contributed by atoms with van der Waals surface area (Å²) in [5.74, 6) is 0. The van der Waals surface area contributed by atoms with E-state index >= 15 is 0 Å². The van der Waals surface area contributed by atoms with Crippen molar-refractivity contribution in [2.75, 3.05) is 31.7 Å². The second-order valence-corrected chi connectivity index (χ2v) is 5.35. The van der Waals surface area contributed by atoms with Crippen molar-refractivity contribution in [3.63, 3.8) is 0 Å². The minimum absolute atomic E-state index is 0.184. The zero-order valence-corrected chi connectivity index (χ0v) is 11.6. The summed E-state index contributed by atoms with van der Waals surface area (Å²) in [6, 6.07) is 0. The van der Waals surface area contributed by atoms with Crippen molar-refractivity contribution in [2.45, 2.75) is 31.5 Å². The Hall–Kier alpha value is -0.930. The summed E-state index contributed by atoms with van der Waals surface area (Å²) in [6.45, 7) is 2.54. The molecule has 0 aromatic carbocycles. The van der Waals surface area contributed by atoms with Gasteiger partial charge in [-0.15, -0.1) is 10.2 Å². The molecule has 20 heavy (non-hydrogen) atoms. The first-order chi connectivity index (χ1) is 9.55. The summed E-state index contributed by atoms with van der Waals surface area (Å²) in [7, 11) is 0. The maximum atomic E-state index is 12.3. The molecule has 0 aliphatic carbocycles. The van der Waals surface area contributed by atoms with Crippen LogP contribution in [0.3, 0.4) is 0 Å². The molecule has 0 spiro atoms. The van der Waals surface area contributed by atoms with Gasteiger partial charge in [-0.2, -0.15) is 13.2 Å². The van der Waals surface area contributed by atoms with Gasteiger partial charge in [-0.25, -0.2) is 0 Å². The van der Waals surface area contributed by atoms with Gasteiger partial charge in [-0.1, -0.05) is 11.3 Å². The number of alkyl halides is 3. The maximum absolute atomic E-state index is 12.3. The number of rotatable bonds is 6. The first-order valence-electron chi connectivity index (χ1n) is 6.39. The predicted octanol–water partition coefficient (Wildman–Crippen LogP) is 2.55. The maximum Gasteiger partial charge on any atom is 0.445 e. The van der Waals surface area contributed by atoms with E-state index in [1.165, 1.54) is 0 Å². The van der Waals surface area contributed by atoms with Gasteiger partial charge in [0, 0.05) is 26.4 Å². The molecule has 0 atom stereocenters. The standard InChI is InChI=1S/C11H16F3N3O2S/c12-11(13,14)9-16-17-10(20-9)15-4-1-5-19-8-2-6-18-7-3-8/h8H,1-7H2,(H,15,17). The zero-order valence-electron chi connectivity index (χ0n) is 10.8. The second-order valence-electron chi connectivity index (χ2n) is 4.37. The molecule has 1 saturated heterocycles. The van der Waals surface area contributed by atoms with E-state index in [9.17, 15) is 13.2 Å². The van der Waals surface area contributed by atoms with Crippen LogP contribution in [0.5, 0.6) is 0 Å². The second kappa shape index (κ2) is 7.19.